The number of hydrogen-bond acceptors (Lipinski definition) is 5. The summed E-state index contributed by atoms with van der Waals surface area (Å²) in [5.41, 5.74) is -0.438. The van der Waals surface area contributed by atoms with E-state index in [1.54, 1.807) is 0 Å². The summed E-state index contributed by atoms with van der Waals surface area (Å²) in [6.45, 7) is 11.9. The second-order valence-electron chi connectivity index (χ2n) is 14.6. The summed E-state index contributed by atoms with van der Waals surface area (Å²) in [5.74, 6) is 0.692. The molecule has 0 radical (unpaired) electrons. The molecule has 0 bridgehead atoms. The van der Waals surface area contributed by atoms with E-state index in [-0.39, 0.29) is 18.0 Å². The van der Waals surface area contributed by atoms with Crippen molar-refractivity contribution in [2.24, 2.45) is 11.3 Å². The molecular weight excluding hydrogens is 560 g/mol. The molecule has 0 saturated carbocycles. The topological polar surface area (TPSA) is 72.8 Å². The van der Waals surface area contributed by atoms with Crippen molar-refractivity contribution in [1.82, 2.24) is 0 Å². The fourth-order valence-corrected chi connectivity index (χ4v) is 6.22. The van der Waals surface area contributed by atoms with E-state index in [4.69, 9.17) is 9.47 Å². The molecule has 0 aliphatic heterocycles. The van der Waals surface area contributed by atoms with Gasteiger partial charge in [-0.2, -0.15) is 0 Å². The third-order valence-electron chi connectivity index (χ3n) is 9.49. The summed E-state index contributed by atoms with van der Waals surface area (Å²) >= 11 is 0. The van der Waals surface area contributed by atoms with Gasteiger partial charge in [0.05, 0.1) is 24.7 Å². The van der Waals surface area contributed by atoms with Gasteiger partial charge in [0.15, 0.2) is 0 Å². The predicted molar refractivity (Wildman–Crippen MR) is 191 cm³/mol. The van der Waals surface area contributed by atoms with Crippen LogP contribution in [0.4, 0.5) is 0 Å². The minimum atomic E-state index is -0.438. The molecule has 0 aliphatic rings. The van der Waals surface area contributed by atoms with Crippen LogP contribution in [0.5, 0.6) is 0 Å². The molecule has 0 rings (SSSR count). The van der Waals surface area contributed by atoms with Crippen LogP contribution in [0.15, 0.2) is 0 Å². The molecule has 268 valence electrons. The van der Waals surface area contributed by atoms with Gasteiger partial charge >= 0.3 is 11.9 Å². The molecule has 1 unspecified atom stereocenters. The minimum Gasteiger partial charge on any atom is -0.466 e. The van der Waals surface area contributed by atoms with Crippen LogP contribution in [0.3, 0.4) is 0 Å². The van der Waals surface area contributed by atoms with Gasteiger partial charge in [0, 0.05) is 6.42 Å². The predicted octanol–water partition coefficient (Wildman–Crippen LogP) is 12.1. The van der Waals surface area contributed by atoms with Gasteiger partial charge in [-0.1, -0.05) is 149 Å². The Bertz CT molecular complexity index is 651. The van der Waals surface area contributed by atoms with Crippen molar-refractivity contribution in [3.05, 3.63) is 0 Å². The van der Waals surface area contributed by atoms with Crippen LogP contribution in [-0.4, -0.2) is 36.4 Å². The van der Waals surface area contributed by atoms with Crippen molar-refractivity contribution in [3.8, 4) is 0 Å². The molecule has 45 heavy (non-hydrogen) atoms. The summed E-state index contributed by atoms with van der Waals surface area (Å²) in [4.78, 5) is 24.6. The zero-order valence-electron chi connectivity index (χ0n) is 30.9. The first-order chi connectivity index (χ1) is 21.8. The number of aliphatic hydroxyl groups is 1. The number of carbonyl (C=O) groups excluding carboxylic acids is 2. The smallest absolute Gasteiger partial charge is 0.311 e. The van der Waals surface area contributed by atoms with Gasteiger partial charge in [-0.05, 0) is 64.7 Å². The third kappa shape index (κ3) is 28.8. The molecule has 1 atom stereocenters. The van der Waals surface area contributed by atoms with E-state index < -0.39 is 5.41 Å². The lowest BCUT2D eigenvalue weighted by atomic mass is 9.86. The van der Waals surface area contributed by atoms with Crippen LogP contribution in [0.2, 0.25) is 0 Å². The van der Waals surface area contributed by atoms with Gasteiger partial charge in [-0.3, -0.25) is 9.59 Å². The highest BCUT2D eigenvalue weighted by Gasteiger charge is 2.28. The van der Waals surface area contributed by atoms with Crippen molar-refractivity contribution in [1.29, 1.82) is 0 Å². The maximum absolute atomic E-state index is 12.8. The minimum absolute atomic E-state index is 0.0398. The first-order valence-electron chi connectivity index (χ1n) is 19.8. The summed E-state index contributed by atoms with van der Waals surface area (Å²) < 4.78 is 11.1. The monoisotopic (exact) mass is 639 g/mol. The summed E-state index contributed by atoms with van der Waals surface area (Å²) in [6, 6.07) is 0. The van der Waals surface area contributed by atoms with E-state index in [1.807, 2.05) is 13.8 Å². The SMILES string of the molecule is CCCCCCCCC(=O)OCCCCCCCC(O)CCCCCC(C)(C)C(=O)OCCCC(CCCCC)CCCCC. The number of hydrogen-bond donors (Lipinski definition) is 1. The van der Waals surface area contributed by atoms with Crippen LogP contribution >= 0.6 is 0 Å². The Labute approximate surface area is 280 Å². The second-order valence-corrected chi connectivity index (χ2v) is 14.6. The number of carbonyl (C=O) groups is 2. The average Bonchev–Trinajstić information content (AvgIpc) is 3.01. The van der Waals surface area contributed by atoms with Crippen LogP contribution in [-0.2, 0) is 19.1 Å². The van der Waals surface area contributed by atoms with Gasteiger partial charge in [0.2, 0.25) is 0 Å². The first kappa shape index (κ1) is 43.9. The quantitative estimate of drug-likeness (QED) is 0.0561. The molecule has 0 spiro atoms. The maximum Gasteiger partial charge on any atom is 0.311 e. The number of unbranched alkanes of at least 4 members (excludes halogenated alkanes) is 15. The number of aliphatic hydroxyl groups excluding tert-OH is 1. The van der Waals surface area contributed by atoms with Crippen LogP contribution in [0.1, 0.15) is 214 Å². The Kier molecular flexibility index (Phi) is 30.7. The zero-order valence-corrected chi connectivity index (χ0v) is 30.9. The van der Waals surface area contributed by atoms with Crippen LogP contribution < -0.4 is 0 Å². The number of rotatable bonds is 34. The van der Waals surface area contributed by atoms with Crippen LogP contribution in [0.25, 0.3) is 0 Å². The molecule has 0 aliphatic carbocycles. The lowest BCUT2D eigenvalue weighted by molar-refractivity contribution is -0.154. The fraction of sp³-hybridized carbons (Fsp3) is 0.950. The van der Waals surface area contributed by atoms with Gasteiger partial charge in [0.25, 0.3) is 0 Å². The highest BCUT2D eigenvalue weighted by atomic mass is 16.5. The molecule has 5 nitrogen and oxygen atoms in total. The van der Waals surface area contributed by atoms with E-state index >= 15 is 0 Å². The van der Waals surface area contributed by atoms with E-state index in [0.29, 0.717) is 19.6 Å². The third-order valence-corrected chi connectivity index (χ3v) is 9.49. The van der Waals surface area contributed by atoms with Crippen LogP contribution in [0, 0.1) is 11.3 Å². The highest BCUT2D eigenvalue weighted by molar-refractivity contribution is 5.75. The maximum atomic E-state index is 12.8. The molecule has 0 fully saturated rings. The van der Waals surface area contributed by atoms with Crippen molar-refractivity contribution in [3.63, 3.8) is 0 Å². The van der Waals surface area contributed by atoms with E-state index in [2.05, 4.69) is 20.8 Å². The first-order valence-corrected chi connectivity index (χ1v) is 19.8. The lowest BCUT2D eigenvalue weighted by Gasteiger charge is -2.23. The average molecular weight is 639 g/mol. The summed E-state index contributed by atoms with van der Waals surface area (Å²) in [7, 11) is 0. The Morgan fingerprint density at radius 3 is 1.60 bits per heavy atom. The Hall–Kier alpha value is -1.10. The van der Waals surface area contributed by atoms with Crippen molar-refractivity contribution < 1.29 is 24.2 Å². The van der Waals surface area contributed by atoms with E-state index in [9.17, 15) is 14.7 Å². The van der Waals surface area contributed by atoms with Gasteiger partial charge in [-0.15, -0.1) is 0 Å². The van der Waals surface area contributed by atoms with Gasteiger partial charge < -0.3 is 14.6 Å². The largest absolute Gasteiger partial charge is 0.466 e. The number of ether oxygens (including phenoxy) is 2. The van der Waals surface area contributed by atoms with E-state index in [0.717, 1.165) is 95.8 Å². The zero-order chi connectivity index (χ0) is 33.4. The highest BCUT2D eigenvalue weighted by Crippen LogP contribution is 2.27. The molecule has 1 N–H and O–H groups in total. The lowest BCUT2D eigenvalue weighted by Crippen LogP contribution is -2.27. The molecule has 0 aromatic rings. The number of esters is 2. The fourth-order valence-electron chi connectivity index (χ4n) is 6.22. The van der Waals surface area contributed by atoms with Crippen molar-refractivity contribution in [2.75, 3.05) is 13.2 Å². The van der Waals surface area contributed by atoms with Crippen molar-refractivity contribution in [2.45, 2.75) is 221 Å². The molecule has 0 heterocycles. The second kappa shape index (κ2) is 31.5. The van der Waals surface area contributed by atoms with Crippen molar-refractivity contribution >= 4 is 11.9 Å². The summed E-state index contributed by atoms with van der Waals surface area (Å²) in [5, 5.41) is 10.4. The summed E-state index contributed by atoms with van der Waals surface area (Å²) in [6.07, 6.45) is 31.1. The standard InChI is InChI=1S/C40H78O5/c1-6-9-12-13-16-23-32-38(42)44-34-25-17-14-15-21-30-37(41)31-22-18-24-33-40(4,5)39(43)45-35-26-29-36(27-19-10-7-2)28-20-11-8-3/h36-37,41H,6-35H2,1-5H3. The molecule has 0 aromatic carbocycles. The Morgan fingerprint density at radius 2 is 0.978 bits per heavy atom. The molecule has 0 amide bonds. The normalized spacial score (nSPS) is 12.5. The Morgan fingerprint density at radius 1 is 0.533 bits per heavy atom. The van der Waals surface area contributed by atoms with E-state index in [1.165, 1.54) is 83.5 Å². The Balaban J connectivity index is 3.78. The molecule has 0 saturated heterocycles. The van der Waals surface area contributed by atoms with Gasteiger partial charge in [-0.25, -0.2) is 0 Å². The molecule has 0 aromatic heterocycles. The molecule has 5 heteroatoms. The molecular formula is C40H78O5. The van der Waals surface area contributed by atoms with Gasteiger partial charge in [0.1, 0.15) is 0 Å².